The number of nitrogens with zero attached hydrogens (tertiary/aromatic N) is 3. The zero-order chi connectivity index (χ0) is 15.0. The first kappa shape index (κ1) is 14.5. The molecule has 6 heteroatoms. The predicted molar refractivity (Wildman–Crippen MR) is 82.3 cm³/mol. The topological polar surface area (TPSA) is 62.2 Å². The van der Waals surface area contributed by atoms with Crippen LogP contribution in [0, 0.1) is 13.8 Å². The Morgan fingerprint density at radius 1 is 1.33 bits per heavy atom. The maximum Gasteiger partial charge on any atom is 0.238 e. The molecule has 2 bridgehead atoms. The molecule has 2 atom stereocenters. The number of aryl methyl sites for hydroxylation is 2. The molecule has 1 amide bonds. The number of fused-ring (bicyclic) bond motifs is 2. The van der Waals surface area contributed by atoms with Crippen molar-refractivity contribution >= 4 is 11.6 Å². The number of likely N-dealkylation sites (tertiary alicyclic amines) is 1. The lowest BCUT2D eigenvalue weighted by Crippen LogP contribution is -2.39. The Morgan fingerprint density at radius 3 is 2.81 bits per heavy atom. The zero-order valence-electron chi connectivity index (χ0n) is 13.1. The molecular formula is C15H25N5O. The number of aromatic nitrogens is 2. The fraction of sp³-hybridized carbons (Fsp3) is 0.733. The minimum atomic E-state index is 0.0620. The molecule has 0 spiro atoms. The third-order valence-corrected chi connectivity index (χ3v) is 4.75. The lowest BCUT2D eigenvalue weighted by molar-refractivity contribution is -0.117. The van der Waals surface area contributed by atoms with Crippen molar-refractivity contribution in [1.29, 1.82) is 0 Å². The molecule has 3 rings (SSSR count). The number of hydrogen-bond acceptors (Lipinski definition) is 4. The average molecular weight is 291 g/mol. The van der Waals surface area contributed by atoms with E-state index in [1.54, 1.807) is 4.68 Å². The third-order valence-electron chi connectivity index (χ3n) is 4.75. The lowest BCUT2D eigenvalue weighted by Gasteiger charge is -2.23. The van der Waals surface area contributed by atoms with Crippen molar-refractivity contribution < 1.29 is 4.79 Å². The van der Waals surface area contributed by atoms with Crippen LogP contribution in [0.3, 0.4) is 0 Å². The van der Waals surface area contributed by atoms with Crippen LogP contribution in [0.25, 0.3) is 0 Å². The normalized spacial score (nSPS) is 25.9. The molecule has 3 heterocycles. The van der Waals surface area contributed by atoms with Gasteiger partial charge in [0.25, 0.3) is 0 Å². The summed E-state index contributed by atoms with van der Waals surface area (Å²) in [6.45, 7) is 6.36. The Kier molecular flexibility index (Phi) is 3.99. The molecule has 2 N–H and O–H groups in total. The van der Waals surface area contributed by atoms with Gasteiger partial charge in [0, 0.05) is 32.2 Å². The van der Waals surface area contributed by atoms with Crippen LogP contribution in [0.5, 0.6) is 0 Å². The highest BCUT2D eigenvalue weighted by atomic mass is 16.2. The van der Waals surface area contributed by atoms with Gasteiger partial charge in [-0.25, -0.2) is 0 Å². The molecule has 1 aromatic heterocycles. The molecule has 116 valence electrons. The summed E-state index contributed by atoms with van der Waals surface area (Å²) < 4.78 is 1.81. The number of amides is 1. The van der Waals surface area contributed by atoms with Crippen molar-refractivity contribution in [1.82, 2.24) is 20.0 Å². The smallest absolute Gasteiger partial charge is 0.238 e. The van der Waals surface area contributed by atoms with Crippen LogP contribution in [0.15, 0.2) is 0 Å². The maximum atomic E-state index is 12.3. The van der Waals surface area contributed by atoms with E-state index in [4.69, 9.17) is 0 Å². The van der Waals surface area contributed by atoms with E-state index in [1.807, 2.05) is 20.9 Å². The minimum absolute atomic E-state index is 0.0620. The maximum absolute atomic E-state index is 12.3. The van der Waals surface area contributed by atoms with Crippen molar-refractivity contribution in [3.05, 3.63) is 11.4 Å². The molecule has 2 saturated heterocycles. The molecule has 0 aliphatic carbocycles. The van der Waals surface area contributed by atoms with Gasteiger partial charge in [0.2, 0.25) is 5.91 Å². The first-order valence-electron chi connectivity index (χ1n) is 7.81. The second-order valence-electron chi connectivity index (χ2n) is 6.38. The van der Waals surface area contributed by atoms with Gasteiger partial charge in [0.15, 0.2) is 0 Å². The van der Waals surface area contributed by atoms with Gasteiger partial charge >= 0.3 is 0 Å². The van der Waals surface area contributed by atoms with Gasteiger partial charge in [0.1, 0.15) is 0 Å². The molecule has 2 unspecified atom stereocenters. The Bertz CT molecular complexity index is 538. The van der Waals surface area contributed by atoms with E-state index in [0.29, 0.717) is 18.6 Å². The van der Waals surface area contributed by atoms with E-state index in [2.05, 4.69) is 20.6 Å². The Labute approximate surface area is 125 Å². The second-order valence-corrected chi connectivity index (χ2v) is 6.38. The van der Waals surface area contributed by atoms with E-state index in [-0.39, 0.29) is 5.91 Å². The quantitative estimate of drug-likeness (QED) is 0.865. The number of hydrogen-bond donors (Lipinski definition) is 2. The summed E-state index contributed by atoms with van der Waals surface area (Å²) in [7, 11) is 1.90. The van der Waals surface area contributed by atoms with E-state index >= 15 is 0 Å². The monoisotopic (exact) mass is 291 g/mol. The molecule has 21 heavy (non-hydrogen) atoms. The highest BCUT2D eigenvalue weighted by molar-refractivity contribution is 5.93. The first-order valence-corrected chi connectivity index (χ1v) is 7.81. The Morgan fingerprint density at radius 2 is 2.10 bits per heavy atom. The Balaban J connectivity index is 1.59. The standard InChI is InChI=1S/C15H25N5O/c1-10-15(11(2)19(3)18-10)17-14(21)9-20-7-6-12-4-5-13(8-20)16-12/h12-13,16H,4-9H2,1-3H3,(H,17,21). The van der Waals surface area contributed by atoms with Crippen molar-refractivity contribution in [2.75, 3.05) is 25.0 Å². The summed E-state index contributed by atoms with van der Waals surface area (Å²) in [6, 6.07) is 1.22. The molecule has 0 saturated carbocycles. The van der Waals surface area contributed by atoms with Crippen LogP contribution in [0.4, 0.5) is 5.69 Å². The molecule has 0 radical (unpaired) electrons. The molecular weight excluding hydrogens is 266 g/mol. The van der Waals surface area contributed by atoms with Crippen LogP contribution >= 0.6 is 0 Å². The molecule has 2 aliphatic rings. The molecule has 2 fully saturated rings. The number of carbonyl (C=O) groups excluding carboxylic acids is 1. The van der Waals surface area contributed by atoms with Gasteiger partial charge in [-0.05, 0) is 33.1 Å². The van der Waals surface area contributed by atoms with Crippen LogP contribution in [-0.4, -0.2) is 52.3 Å². The third kappa shape index (κ3) is 3.11. The SMILES string of the molecule is Cc1nn(C)c(C)c1NC(=O)CN1CCC2CCC(C1)N2. The number of rotatable bonds is 3. The summed E-state index contributed by atoms with van der Waals surface area (Å²) in [5.74, 6) is 0.0620. The van der Waals surface area contributed by atoms with Gasteiger partial charge in [0.05, 0.1) is 23.6 Å². The number of nitrogens with one attached hydrogen (secondary N) is 2. The van der Waals surface area contributed by atoms with Gasteiger partial charge in [-0.2, -0.15) is 5.10 Å². The molecule has 0 aromatic carbocycles. The first-order chi connectivity index (χ1) is 10.0. The summed E-state index contributed by atoms with van der Waals surface area (Å²) in [6.07, 6.45) is 3.68. The van der Waals surface area contributed by atoms with Crippen molar-refractivity contribution in [2.45, 2.75) is 45.2 Å². The summed E-state index contributed by atoms with van der Waals surface area (Å²) >= 11 is 0. The molecule has 1 aromatic rings. The van der Waals surface area contributed by atoms with Gasteiger partial charge in [-0.3, -0.25) is 14.4 Å². The van der Waals surface area contributed by atoms with E-state index < -0.39 is 0 Å². The lowest BCUT2D eigenvalue weighted by atomic mass is 10.1. The van der Waals surface area contributed by atoms with Crippen molar-refractivity contribution in [3.8, 4) is 0 Å². The Hall–Kier alpha value is -1.40. The summed E-state index contributed by atoms with van der Waals surface area (Å²) in [4.78, 5) is 14.6. The van der Waals surface area contributed by atoms with E-state index in [1.165, 1.54) is 12.8 Å². The zero-order valence-corrected chi connectivity index (χ0v) is 13.1. The highest BCUT2D eigenvalue weighted by Gasteiger charge is 2.29. The highest BCUT2D eigenvalue weighted by Crippen LogP contribution is 2.21. The average Bonchev–Trinajstić information content (AvgIpc) is 2.88. The number of carbonyl (C=O) groups is 1. The van der Waals surface area contributed by atoms with Gasteiger partial charge in [-0.1, -0.05) is 0 Å². The fourth-order valence-corrected chi connectivity index (χ4v) is 3.50. The van der Waals surface area contributed by atoms with Crippen LogP contribution in [-0.2, 0) is 11.8 Å². The molecule has 2 aliphatic heterocycles. The fourth-order valence-electron chi connectivity index (χ4n) is 3.50. The van der Waals surface area contributed by atoms with Crippen molar-refractivity contribution in [3.63, 3.8) is 0 Å². The molecule has 6 nitrogen and oxygen atoms in total. The second kappa shape index (κ2) is 5.77. The summed E-state index contributed by atoms with van der Waals surface area (Å²) in [5.41, 5.74) is 2.73. The van der Waals surface area contributed by atoms with Crippen LogP contribution < -0.4 is 10.6 Å². The van der Waals surface area contributed by atoms with Crippen molar-refractivity contribution in [2.24, 2.45) is 7.05 Å². The van der Waals surface area contributed by atoms with E-state index in [0.717, 1.165) is 36.6 Å². The summed E-state index contributed by atoms with van der Waals surface area (Å²) in [5, 5.41) is 11.0. The van der Waals surface area contributed by atoms with Gasteiger partial charge < -0.3 is 10.6 Å². The van der Waals surface area contributed by atoms with Gasteiger partial charge in [-0.15, -0.1) is 0 Å². The number of anilines is 1. The van der Waals surface area contributed by atoms with Crippen LogP contribution in [0.1, 0.15) is 30.7 Å². The van der Waals surface area contributed by atoms with E-state index in [9.17, 15) is 4.79 Å². The largest absolute Gasteiger partial charge is 0.322 e. The predicted octanol–water partition coefficient (Wildman–Crippen LogP) is 0.802. The van der Waals surface area contributed by atoms with Crippen LogP contribution in [0.2, 0.25) is 0 Å². The minimum Gasteiger partial charge on any atom is -0.322 e.